The molecule has 4 rings (SSSR count). The molecule has 0 unspecified atom stereocenters. The fraction of sp³-hybridized carbons (Fsp3) is 0.0833. The Morgan fingerprint density at radius 1 is 0.784 bits per heavy atom. The molecule has 13 heteroatoms. The molecule has 0 aliphatic rings. The standard InChI is InChI=1S/C12H11FN2O.C7H7BFO3.C5H5ClN2.HI/c1-16-11-7-9(13)2-3-10(11)8-4-5-15-12(14)6-8;1-11-7-4-5(9)2-3-6(7)12-8-10;6-4-1-2-8-5(7)3-4;/h2-7H,1H3,(H2,14,15);2-4,10H,1H3;1-3H,(H2,7,8);1H. The van der Waals surface area contributed by atoms with Crippen LogP contribution >= 0.6 is 35.6 Å². The number of pyridine rings is 2. The molecule has 0 saturated heterocycles. The zero-order chi connectivity index (χ0) is 26.5. The smallest absolute Gasteiger partial charge is 0.535 e. The van der Waals surface area contributed by atoms with E-state index in [1.54, 1.807) is 42.7 Å². The lowest BCUT2D eigenvalue weighted by atomic mass is 10.1. The number of ether oxygens (including phenoxy) is 2. The highest BCUT2D eigenvalue weighted by atomic mass is 127. The van der Waals surface area contributed by atoms with Crippen LogP contribution in [0.4, 0.5) is 20.4 Å². The Labute approximate surface area is 235 Å². The molecular formula is C24H24BClF2IN4O4. The Balaban J connectivity index is 0.000000290. The third kappa shape index (κ3) is 10.7. The minimum Gasteiger partial charge on any atom is -0.535 e. The van der Waals surface area contributed by atoms with Crippen molar-refractivity contribution in [3.05, 3.63) is 89.7 Å². The van der Waals surface area contributed by atoms with Crippen molar-refractivity contribution in [2.24, 2.45) is 0 Å². The zero-order valence-electron chi connectivity index (χ0n) is 19.8. The molecule has 8 nitrogen and oxygen atoms in total. The average Bonchev–Trinajstić information content (AvgIpc) is 2.86. The Morgan fingerprint density at radius 2 is 1.35 bits per heavy atom. The lowest BCUT2D eigenvalue weighted by Gasteiger charge is -2.08. The van der Waals surface area contributed by atoms with Gasteiger partial charge in [0.2, 0.25) is 0 Å². The van der Waals surface area contributed by atoms with Gasteiger partial charge in [-0.2, -0.15) is 0 Å². The molecule has 37 heavy (non-hydrogen) atoms. The quantitative estimate of drug-likeness (QED) is 0.201. The Bertz CT molecular complexity index is 1260. The summed E-state index contributed by atoms with van der Waals surface area (Å²) in [5, 5.41) is 8.94. The number of aromatic nitrogens is 2. The van der Waals surface area contributed by atoms with Gasteiger partial charge in [0.1, 0.15) is 34.8 Å². The summed E-state index contributed by atoms with van der Waals surface area (Å²) in [6, 6.07) is 14.9. The summed E-state index contributed by atoms with van der Waals surface area (Å²) in [4.78, 5) is 7.63. The van der Waals surface area contributed by atoms with Gasteiger partial charge < -0.3 is 30.6 Å². The molecule has 0 fully saturated rings. The first-order chi connectivity index (χ1) is 17.3. The molecule has 0 atom stereocenters. The van der Waals surface area contributed by atoms with Crippen LogP contribution in [0.3, 0.4) is 0 Å². The average molecular weight is 644 g/mol. The zero-order valence-corrected chi connectivity index (χ0v) is 22.9. The number of halogens is 4. The Kier molecular flexibility index (Phi) is 14.0. The maximum Gasteiger partial charge on any atom is 0.569 e. The van der Waals surface area contributed by atoms with E-state index in [0.717, 1.165) is 11.1 Å². The Hall–Kier alpha value is -3.36. The van der Waals surface area contributed by atoms with E-state index in [9.17, 15) is 8.78 Å². The third-order valence-corrected chi connectivity index (χ3v) is 4.54. The highest BCUT2D eigenvalue weighted by Crippen LogP contribution is 2.31. The molecule has 2 heterocycles. The van der Waals surface area contributed by atoms with E-state index in [1.807, 2.05) is 0 Å². The molecule has 4 aromatic rings. The summed E-state index contributed by atoms with van der Waals surface area (Å²) < 4.78 is 40.1. The molecule has 2 aromatic carbocycles. The van der Waals surface area contributed by atoms with E-state index in [2.05, 4.69) is 14.6 Å². The predicted molar refractivity (Wildman–Crippen MR) is 151 cm³/mol. The lowest BCUT2D eigenvalue weighted by Crippen LogP contribution is -2.01. The number of rotatable bonds is 5. The van der Waals surface area contributed by atoms with E-state index in [0.29, 0.717) is 30.1 Å². The van der Waals surface area contributed by atoms with Gasteiger partial charge in [-0.1, -0.05) is 11.6 Å². The summed E-state index contributed by atoms with van der Waals surface area (Å²) in [7, 11) is 3.40. The molecule has 1 radical (unpaired) electrons. The van der Waals surface area contributed by atoms with Crippen molar-refractivity contribution >= 4 is 54.9 Å². The van der Waals surface area contributed by atoms with Crippen LogP contribution in [0, 0.1) is 11.6 Å². The van der Waals surface area contributed by atoms with Gasteiger partial charge in [-0.3, -0.25) is 0 Å². The number of hydrogen-bond acceptors (Lipinski definition) is 8. The van der Waals surface area contributed by atoms with Crippen LogP contribution in [0.15, 0.2) is 73.1 Å². The molecule has 5 N–H and O–H groups in total. The number of anilines is 2. The van der Waals surface area contributed by atoms with Crippen LogP contribution in [0.2, 0.25) is 5.02 Å². The van der Waals surface area contributed by atoms with Crippen molar-refractivity contribution in [3.63, 3.8) is 0 Å². The van der Waals surface area contributed by atoms with Crippen LogP contribution in [0.5, 0.6) is 17.2 Å². The summed E-state index contributed by atoms with van der Waals surface area (Å²) in [5.74, 6) is 1.11. The topological polar surface area (TPSA) is 126 Å². The molecule has 0 amide bonds. The number of hydrogen-bond donors (Lipinski definition) is 3. The summed E-state index contributed by atoms with van der Waals surface area (Å²) in [5.41, 5.74) is 12.5. The van der Waals surface area contributed by atoms with Gasteiger partial charge >= 0.3 is 7.69 Å². The molecular weight excluding hydrogens is 619 g/mol. The first-order valence-electron chi connectivity index (χ1n) is 10.2. The van der Waals surface area contributed by atoms with E-state index >= 15 is 0 Å². The number of benzene rings is 2. The van der Waals surface area contributed by atoms with Crippen LogP contribution in [-0.2, 0) is 0 Å². The summed E-state index contributed by atoms with van der Waals surface area (Å²) >= 11 is 5.52. The fourth-order valence-corrected chi connectivity index (χ4v) is 2.90. The Morgan fingerprint density at radius 3 is 1.86 bits per heavy atom. The van der Waals surface area contributed by atoms with Crippen molar-refractivity contribution in [1.29, 1.82) is 0 Å². The van der Waals surface area contributed by atoms with Crippen molar-refractivity contribution in [2.45, 2.75) is 0 Å². The van der Waals surface area contributed by atoms with Gasteiger partial charge in [-0.15, -0.1) is 24.0 Å². The van der Waals surface area contributed by atoms with Crippen molar-refractivity contribution in [3.8, 4) is 28.4 Å². The second kappa shape index (κ2) is 16.4. The maximum absolute atomic E-state index is 13.0. The number of methoxy groups -OCH3 is 2. The second-order valence-electron chi connectivity index (χ2n) is 6.73. The second-order valence-corrected chi connectivity index (χ2v) is 7.17. The highest BCUT2D eigenvalue weighted by molar-refractivity contribution is 14.0. The SMILES string of the molecule is COc1cc(F)ccc1-c1ccnc(N)c1.COc1cc(F)ccc1O[B]O.I.Nc1cc(Cl)ccn1. The van der Waals surface area contributed by atoms with Crippen LogP contribution in [0.1, 0.15) is 0 Å². The van der Waals surface area contributed by atoms with Gasteiger partial charge in [0.25, 0.3) is 0 Å². The van der Waals surface area contributed by atoms with Crippen molar-refractivity contribution < 1.29 is 27.9 Å². The molecule has 0 saturated carbocycles. The monoisotopic (exact) mass is 643 g/mol. The lowest BCUT2D eigenvalue weighted by molar-refractivity contribution is 0.378. The first kappa shape index (κ1) is 31.7. The molecule has 0 spiro atoms. The van der Waals surface area contributed by atoms with E-state index in [4.69, 9.17) is 37.6 Å². The number of nitrogens with zero attached hydrogens (tertiary/aromatic N) is 2. The predicted octanol–water partition coefficient (Wildman–Crippen LogP) is 5.15. The highest BCUT2D eigenvalue weighted by Gasteiger charge is 2.07. The molecule has 0 bridgehead atoms. The van der Waals surface area contributed by atoms with Gasteiger partial charge in [0, 0.05) is 35.1 Å². The van der Waals surface area contributed by atoms with Crippen molar-refractivity contribution in [1.82, 2.24) is 9.97 Å². The fourth-order valence-electron chi connectivity index (χ4n) is 2.74. The normalized spacial score (nSPS) is 9.35. The molecule has 2 aromatic heterocycles. The van der Waals surface area contributed by atoms with E-state index < -0.39 is 5.82 Å². The van der Waals surface area contributed by atoms with E-state index in [-0.39, 0.29) is 41.3 Å². The maximum atomic E-state index is 13.0. The molecule has 0 aliphatic heterocycles. The van der Waals surface area contributed by atoms with Gasteiger partial charge in [-0.25, -0.2) is 18.7 Å². The van der Waals surface area contributed by atoms with Crippen LogP contribution < -0.4 is 25.6 Å². The van der Waals surface area contributed by atoms with Gasteiger partial charge in [0.15, 0.2) is 5.75 Å². The third-order valence-electron chi connectivity index (χ3n) is 4.30. The summed E-state index contributed by atoms with van der Waals surface area (Å²) in [6.07, 6.45) is 3.17. The van der Waals surface area contributed by atoms with Crippen LogP contribution in [0.25, 0.3) is 11.1 Å². The van der Waals surface area contributed by atoms with Crippen LogP contribution in [-0.4, -0.2) is 36.9 Å². The summed E-state index contributed by atoms with van der Waals surface area (Å²) in [6.45, 7) is 0. The number of nitrogen functional groups attached to an aromatic ring is 2. The molecule has 0 aliphatic carbocycles. The van der Waals surface area contributed by atoms with Gasteiger partial charge in [-0.05, 0) is 54.1 Å². The molecule has 195 valence electrons. The van der Waals surface area contributed by atoms with E-state index in [1.165, 1.54) is 44.6 Å². The van der Waals surface area contributed by atoms with Gasteiger partial charge in [0.05, 0.1) is 14.2 Å². The minimum absolute atomic E-state index is 0. The number of nitrogens with two attached hydrogens (primary N) is 2. The largest absolute Gasteiger partial charge is 0.569 e. The first-order valence-corrected chi connectivity index (χ1v) is 10.5. The van der Waals surface area contributed by atoms with Crippen molar-refractivity contribution in [2.75, 3.05) is 25.7 Å². The minimum atomic E-state index is -0.419.